The van der Waals surface area contributed by atoms with Gasteiger partial charge < -0.3 is 24.1 Å². The summed E-state index contributed by atoms with van der Waals surface area (Å²) in [7, 11) is 1.69. The Morgan fingerprint density at radius 2 is 1.97 bits per heavy atom. The zero-order valence-corrected chi connectivity index (χ0v) is 21.5. The van der Waals surface area contributed by atoms with E-state index >= 15 is 0 Å². The number of carbonyl (C=O) groups excluding carboxylic acids is 1. The van der Waals surface area contributed by atoms with Crippen LogP contribution < -0.4 is 5.63 Å². The first-order chi connectivity index (χ1) is 16.9. The van der Waals surface area contributed by atoms with Crippen LogP contribution in [-0.4, -0.2) is 66.8 Å². The van der Waals surface area contributed by atoms with E-state index < -0.39 is 5.63 Å². The van der Waals surface area contributed by atoms with Crippen molar-refractivity contribution in [3.8, 4) is 5.75 Å². The Labute approximate surface area is 208 Å². The molecule has 0 spiro atoms. The van der Waals surface area contributed by atoms with Gasteiger partial charge in [0.15, 0.2) is 0 Å². The first-order valence-corrected chi connectivity index (χ1v) is 13.2. The molecule has 35 heavy (non-hydrogen) atoms. The summed E-state index contributed by atoms with van der Waals surface area (Å²) >= 11 is 0. The summed E-state index contributed by atoms with van der Waals surface area (Å²) in [5.74, 6) is 0.711. The van der Waals surface area contributed by atoms with Crippen LogP contribution in [0.2, 0.25) is 0 Å². The number of amides is 1. The Morgan fingerprint density at radius 3 is 2.77 bits per heavy atom. The van der Waals surface area contributed by atoms with Crippen LogP contribution >= 0.6 is 0 Å². The zero-order chi connectivity index (χ0) is 24.9. The van der Waals surface area contributed by atoms with E-state index in [4.69, 9.17) is 9.15 Å². The summed E-state index contributed by atoms with van der Waals surface area (Å²) in [5.41, 5.74) is 1.91. The summed E-state index contributed by atoms with van der Waals surface area (Å²) in [4.78, 5) is 30.9. The molecule has 2 aliphatic heterocycles. The van der Waals surface area contributed by atoms with Crippen LogP contribution in [0, 0.1) is 19.8 Å². The van der Waals surface area contributed by atoms with E-state index in [1.807, 2.05) is 11.8 Å². The van der Waals surface area contributed by atoms with E-state index in [0.717, 1.165) is 23.9 Å². The topological polar surface area (TPSA) is 83.2 Å². The number of piperidine rings is 2. The summed E-state index contributed by atoms with van der Waals surface area (Å²) < 4.78 is 10.8. The van der Waals surface area contributed by atoms with Crippen LogP contribution in [0.3, 0.4) is 0 Å². The fourth-order valence-electron chi connectivity index (χ4n) is 6.05. The van der Waals surface area contributed by atoms with Crippen molar-refractivity contribution in [2.75, 3.05) is 39.9 Å². The Balaban J connectivity index is 1.48. The molecular formula is C28H40N2O5. The normalized spacial score (nSPS) is 20.7. The van der Waals surface area contributed by atoms with Gasteiger partial charge in [-0.15, -0.1) is 0 Å². The number of hydrogen-bond donors (Lipinski definition) is 1. The van der Waals surface area contributed by atoms with E-state index in [-0.39, 0.29) is 18.1 Å². The molecule has 0 radical (unpaired) electrons. The average molecular weight is 485 g/mol. The number of fused-ring (bicyclic) bond motifs is 2. The number of methoxy groups -OCH3 is 1. The monoisotopic (exact) mass is 484 g/mol. The van der Waals surface area contributed by atoms with Crippen molar-refractivity contribution in [1.29, 1.82) is 0 Å². The van der Waals surface area contributed by atoms with Crippen LogP contribution in [-0.2, 0) is 16.0 Å². The number of phenols is 1. The molecule has 2 fully saturated rings. The summed E-state index contributed by atoms with van der Waals surface area (Å²) in [5, 5.41) is 10.8. The predicted octanol–water partition coefficient (Wildman–Crippen LogP) is 4.18. The van der Waals surface area contributed by atoms with Gasteiger partial charge in [0.25, 0.3) is 0 Å². The minimum absolute atomic E-state index is 0.0924. The Morgan fingerprint density at radius 1 is 1.17 bits per heavy atom. The third kappa shape index (κ3) is 5.72. The molecule has 4 rings (SSSR count). The molecule has 0 saturated carbocycles. The zero-order valence-electron chi connectivity index (χ0n) is 21.5. The maximum Gasteiger partial charge on any atom is 0.339 e. The van der Waals surface area contributed by atoms with Crippen LogP contribution in [0.5, 0.6) is 5.75 Å². The van der Waals surface area contributed by atoms with Gasteiger partial charge in [0.05, 0.1) is 0 Å². The van der Waals surface area contributed by atoms with Crippen molar-refractivity contribution in [3.05, 3.63) is 39.2 Å². The van der Waals surface area contributed by atoms with Gasteiger partial charge in [-0.05, 0) is 89.1 Å². The van der Waals surface area contributed by atoms with Gasteiger partial charge in [-0.25, -0.2) is 4.79 Å². The lowest BCUT2D eigenvalue weighted by Crippen LogP contribution is -2.51. The number of aryl methyl sites for hydroxylation is 2. The highest BCUT2D eigenvalue weighted by molar-refractivity contribution is 5.85. The lowest BCUT2D eigenvalue weighted by Gasteiger charge is -2.45. The van der Waals surface area contributed by atoms with Crippen molar-refractivity contribution in [1.82, 2.24) is 9.80 Å². The van der Waals surface area contributed by atoms with E-state index in [1.165, 1.54) is 45.2 Å². The lowest BCUT2D eigenvalue weighted by atomic mass is 9.83. The molecule has 7 heteroatoms. The highest BCUT2D eigenvalue weighted by Crippen LogP contribution is 2.32. The van der Waals surface area contributed by atoms with Crippen molar-refractivity contribution in [3.63, 3.8) is 0 Å². The molecule has 0 aliphatic carbocycles. The third-order valence-corrected chi connectivity index (χ3v) is 8.08. The number of benzene rings is 1. The Hall–Kier alpha value is -2.38. The van der Waals surface area contributed by atoms with Crippen molar-refractivity contribution < 1.29 is 19.1 Å². The van der Waals surface area contributed by atoms with Crippen molar-refractivity contribution in [2.45, 2.75) is 71.3 Å². The molecule has 7 nitrogen and oxygen atoms in total. The number of carbonyl (C=O) groups is 1. The number of rotatable bonds is 9. The minimum atomic E-state index is -0.424. The number of ether oxygens (including phenoxy) is 1. The second-order valence-electron chi connectivity index (χ2n) is 10.3. The number of aromatic hydroxyl groups is 1. The van der Waals surface area contributed by atoms with E-state index in [9.17, 15) is 14.7 Å². The molecule has 1 N–H and O–H groups in total. The van der Waals surface area contributed by atoms with Crippen molar-refractivity contribution in [2.24, 2.45) is 5.92 Å². The second kappa shape index (κ2) is 11.6. The second-order valence-corrected chi connectivity index (χ2v) is 10.3. The fraction of sp³-hybridized carbons (Fsp3) is 0.643. The first-order valence-electron chi connectivity index (χ1n) is 13.2. The van der Waals surface area contributed by atoms with E-state index in [2.05, 4.69) is 4.90 Å². The van der Waals surface area contributed by atoms with Crippen LogP contribution in [0.15, 0.2) is 21.3 Å². The van der Waals surface area contributed by atoms with Gasteiger partial charge >= 0.3 is 5.63 Å². The molecule has 0 bridgehead atoms. The predicted molar refractivity (Wildman–Crippen MR) is 137 cm³/mol. The largest absolute Gasteiger partial charge is 0.508 e. The lowest BCUT2D eigenvalue weighted by molar-refractivity contribution is -0.132. The molecule has 2 atom stereocenters. The first kappa shape index (κ1) is 25.7. The Bertz CT molecular complexity index is 1090. The molecule has 1 aromatic carbocycles. The van der Waals surface area contributed by atoms with E-state index in [1.54, 1.807) is 26.2 Å². The van der Waals surface area contributed by atoms with Gasteiger partial charge in [0.2, 0.25) is 5.91 Å². The van der Waals surface area contributed by atoms with Crippen LogP contribution in [0.1, 0.15) is 61.6 Å². The summed E-state index contributed by atoms with van der Waals surface area (Å²) in [6.07, 6.45) is 7.62. The highest BCUT2D eigenvalue weighted by atomic mass is 16.5. The minimum Gasteiger partial charge on any atom is -0.508 e. The molecule has 192 valence electrons. The molecule has 1 amide bonds. The van der Waals surface area contributed by atoms with Gasteiger partial charge in [-0.1, -0.05) is 6.42 Å². The smallest absolute Gasteiger partial charge is 0.339 e. The summed E-state index contributed by atoms with van der Waals surface area (Å²) in [6.45, 7) is 8.10. The van der Waals surface area contributed by atoms with Gasteiger partial charge in [-0.2, -0.15) is 0 Å². The standard InChI is InChI=1S/C28H40N2O5/c1-19-22-10-12-25(31)20(2)27(22)35-28(33)23(19)11-13-26(32)30(16-7-17-34-3)18-21-8-6-15-29-14-5-4-9-24(21)29/h10,12,21,24,31H,4-9,11,13-18H2,1-3H3/t21-,24+/m0/s1. The van der Waals surface area contributed by atoms with Gasteiger partial charge in [0, 0.05) is 55.8 Å². The molecule has 2 aliphatic rings. The molecule has 3 heterocycles. The van der Waals surface area contributed by atoms with Crippen molar-refractivity contribution >= 4 is 16.9 Å². The molecule has 1 aromatic heterocycles. The number of phenolic OH excluding ortho intramolecular Hbond substituents is 1. The van der Waals surface area contributed by atoms with Crippen LogP contribution in [0.25, 0.3) is 11.0 Å². The quantitative estimate of drug-likeness (QED) is 0.425. The highest BCUT2D eigenvalue weighted by Gasteiger charge is 2.34. The molecule has 2 saturated heterocycles. The van der Waals surface area contributed by atoms with E-state index in [0.29, 0.717) is 48.2 Å². The SMILES string of the molecule is COCCCN(C[C@@H]1CCCN2CCCC[C@H]12)C(=O)CCc1c(C)c2ccc(O)c(C)c2oc1=O. The van der Waals surface area contributed by atoms with Gasteiger partial charge in [0.1, 0.15) is 11.3 Å². The van der Waals surface area contributed by atoms with Gasteiger partial charge in [-0.3, -0.25) is 4.79 Å². The number of nitrogens with zero attached hydrogens (tertiary/aromatic N) is 2. The third-order valence-electron chi connectivity index (χ3n) is 8.08. The average Bonchev–Trinajstić information content (AvgIpc) is 2.86. The van der Waals surface area contributed by atoms with Crippen LogP contribution in [0.4, 0.5) is 0 Å². The maximum absolute atomic E-state index is 13.4. The molecule has 0 unspecified atom stereocenters. The maximum atomic E-state index is 13.4. The Kier molecular flexibility index (Phi) is 8.50. The fourth-order valence-corrected chi connectivity index (χ4v) is 6.05. The molecular weight excluding hydrogens is 444 g/mol. The molecule has 2 aromatic rings. The summed E-state index contributed by atoms with van der Waals surface area (Å²) in [6, 6.07) is 3.98. The number of hydrogen-bond acceptors (Lipinski definition) is 6.